The molecule has 0 spiro atoms. The van der Waals surface area contributed by atoms with E-state index in [0.717, 1.165) is 19.6 Å². The van der Waals surface area contributed by atoms with Crippen LogP contribution in [0.4, 0.5) is 0 Å². The molecule has 2 N–H and O–H groups in total. The normalized spacial score (nSPS) is 22.2. The second kappa shape index (κ2) is 5.66. The molecule has 2 heterocycles. The summed E-state index contributed by atoms with van der Waals surface area (Å²) in [6, 6.07) is 0. The van der Waals surface area contributed by atoms with Crippen molar-refractivity contribution in [3.8, 4) is 0 Å². The highest BCUT2D eigenvalue weighted by Gasteiger charge is 2.21. The lowest BCUT2D eigenvalue weighted by atomic mass is 10.1. The van der Waals surface area contributed by atoms with Crippen molar-refractivity contribution in [1.82, 2.24) is 9.88 Å². The molecule has 0 aliphatic carbocycles. The van der Waals surface area contributed by atoms with Crippen LogP contribution < -0.4 is 5.73 Å². The minimum absolute atomic E-state index is 0. The maximum Gasteiger partial charge on any atom is 0.0794 e. The molecule has 2 rings (SSSR count). The fourth-order valence-electron chi connectivity index (χ4n) is 1.79. The van der Waals surface area contributed by atoms with Crippen LogP contribution in [0.25, 0.3) is 0 Å². The Kier molecular flexibility index (Phi) is 4.81. The molecule has 1 aromatic rings. The number of rotatable bonds is 3. The van der Waals surface area contributed by atoms with E-state index in [4.69, 9.17) is 5.73 Å². The molecule has 0 aromatic carbocycles. The minimum Gasteiger partial charge on any atom is -0.330 e. The molecule has 3 nitrogen and oxygen atoms in total. The van der Waals surface area contributed by atoms with Gasteiger partial charge in [-0.25, -0.2) is 0 Å². The number of hydrogen-bond donors (Lipinski definition) is 1. The van der Waals surface area contributed by atoms with Gasteiger partial charge in [0.15, 0.2) is 0 Å². The Hall–Kier alpha value is -0.160. The fraction of sp³-hybridized carbons (Fsp3) is 0.667. The number of nitrogens with zero attached hydrogens (tertiary/aromatic N) is 2. The zero-order valence-corrected chi connectivity index (χ0v) is 9.69. The molecular weight excluding hydrogens is 218 g/mol. The maximum atomic E-state index is 5.63. The van der Waals surface area contributed by atoms with E-state index in [2.05, 4.69) is 9.88 Å². The topological polar surface area (TPSA) is 42.1 Å². The standard InChI is InChI=1S/C9H15N3S.ClH/c10-3-8-1-2-12(5-8)6-9-4-11-7-13-9;/h4,7-8H,1-3,5-6,10H2;1H. The molecule has 0 amide bonds. The molecule has 5 heteroatoms. The molecule has 0 radical (unpaired) electrons. The smallest absolute Gasteiger partial charge is 0.0794 e. The van der Waals surface area contributed by atoms with Crippen LogP contribution in [-0.2, 0) is 6.54 Å². The first-order chi connectivity index (χ1) is 6.38. The highest BCUT2D eigenvalue weighted by Crippen LogP contribution is 2.18. The Bertz CT molecular complexity index is 253. The second-order valence-corrected chi connectivity index (χ2v) is 4.56. The number of thiazole rings is 1. The van der Waals surface area contributed by atoms with E-state index in [1.54, 1.807) is 11.3 Å². The average molecular weight is 234 g/mol. The van der Waals surface area contributed by atoms with Crippen molar-refractivity contribution >= 4 is 23.7 Å². The highest BCUT2D eigenvalue weighted by molar-refractivity contribution is 7.09. The largest absolute Gasteiger partial charge is 0.330 e. The number of likely N-dealkylation sites (tertiary alicyclic amines) is 1. The third kappa shape index (κ3) is 2.92. The Morgan fingerprint density at radius 2 is 2.50 bits per heavy atom. The first-order valence-corrected chi connectivity index (χ1v) is 5.56. The quantitative estimate of drug-likeness (QED) is 0.857. The van der Waals surface area contributed by atoms with Crippen LogP contribution in [0.3, 0.4) is 0 Å². The van der Waals surface area contributed by atoms with Crippen LogP contribution in [0, 0.1) is 5.92 Å². The molecule has 1 unspecified atom stereocenters. The molecule has 0 bridgehead atoms. The van der Waals surface area contributed by atoms with Gasteiger partial charge in [0.05, 0.1) is 5.51 Å². The van der Waals surface area contributed by atoms with E-state index >= 15 is 0 Å². The second-order valence-electron chi connectivity index (χ2n) is 3.59. The fourth-order valence-corrected chi connectivity index (χ4v) is 2.43. The number of nitrogens with two attached hydrogens (primary N) is 1. The van der Waals surface area contributed by atoms with E-state index in [9.17, 15) is 0 Å². The van der Waals surface area contributed by atoms with Crippen LogP contribution in [0.5, 0.6) is 0 Å². The average Bonchev–Trinajstić information content (AvgIpc) is 2.76. The summed E-state index contributed by atoms with van der Waals surface area (Å²) in [5.41, 5.74) is 7.53. The van der Waals surface area contributed by atoms with E-state index in [0.29, 0.717) is 5.92 Å². The van der Waals surface area contributed by atoms with Gasteiger partial charge in [0.25, 0.3) is 0 Å². The molecule has 1 atom stereocenters. The van der Waals surface area contributed by atoms with Gasteiger partial charge in [-0.05, 0) is 25.4 Å². The molecular formula is C9H16ClN3S. The van der Waals surface area contributed by atoms with Crippen molar-refractivity contribution in [2.75, 3.05) is 19.6 Å². The van der Waals surface area contributed by atoms with E-state index in [1.807, 2.05) is 11.7 Å². The summed E-state index contributed by atoms with van der Waals surface area (Å²) in [7, 11) is 0. The molecule has 80 valence electrons. The molecule has 1 aliphatic heterocycles. The molecule has 14 heavy (non-hydrogen) atoms. The van der Waals surface area contributed by atoms with Gasteiger partial charge in [0, 0.05) is 24.2 Å². The van der Waals surface area contributed by atoms with Gasteiger partial charge in [-0.15, -0.1) is 23.7 Å². The summed E-state index contributed by atoms with van der Waals surface area (Å²) in [6.07, 6.45) is 3.22. The molecule has 0 saturated carbocycles. The van der Waals surface area contributed by atoms with E-state index in [1.165, 1.54) is 17.8 Å². The lowest BCUT2D eigenvalue weighted by Gasteiger charge is -2.13. The van der Waals surface area contributed by atoms with Gasteiger partial charge >= 0.3 is 0 Å². The van der Waals surface area contributed by atoms with Crippen LogP contribution in [0.15, 0.2) is 11.7 Å². The van der Waals surface area contributed by atoms with Gasteiger partial charge in [0.2, 0.25) is 0 Å². The van der Waals surface area contributed by atoms with E-state index < -0.39 is 0 Å². The zero-order valence-electron chi connectivity index (χ0n) is 8.06. The van der Waals surface area contributed by atoms with Crippen molar-refractivity contribution in [2.45, 2.75) is 13.0 Å². The monoisotopic (exact) mass is 233 g/mol. The Labute approximate surface area is 94.7 Å². The summed E-state index contributed by atoms with van der Waals surface area (Å²) >= 11 is 1.73. The Morgan fingerprint density at radius 3 is 3.07 bits per heavy atom. The first-order valence-electron chi connectivity index (χ1n) is 4.68. The van der Waals surface area contributed by atoms with Crippen LogP contribution in [0.2, 0.25) is 0 Å². The van der Waals surface area contributed by atoms with Gasteiger partial charge < -0.3 is 5.73 Å². The summed E-state index contributed by atoms with van der Waals surface area (Å²) < 4.78 is 0. The van der Waals surface area contributed by atoms with Gasteiger partial charge in [-0.1, -0.05) is 0 Å². The maximum absolute atomic E-state index is 5.63. The Morgan fingerprint density at radius 1 is 1.64 bits per heavy atom. The Balaban J connectivity index is 0.000000980. The van der Waals surface area contributed by atoms with Gasteiger partial charge in [-0.2, -0.15) is 0 Å². The number of halogens is 1. The summed E-state index contributed by atoms with van der Waals surface area (Å²) in [5, 5.41) is 0. The third-order valence-corrected chi connectivity index (χ3v) is 3.33. The molecule has 1 aliphatic rings. The third-order valence-electron chi connectivity index (χ3n) is 2.57. The predicted octanol–water partition coefficient (Wildman–Crippen LogP) is 1.35. The van der Waals surface area contributed by atoms with Crippen molar-refractivity contribution < 1.29 is 0 Å². The number of aromatic nitrogens is 1. The lowest BCUT2D eigenvalue weighted by molar-refractivity contribution is 0.320. The highest BCUT2D eigenvalue weighted by atomic mass is 35.5. The van der Waals surface area contributed by atoms with Crippen molar-refractivity contribution in [2.24, 2.45) is 11.7 Å². The van der Waals surface area contributed by atoms with Crippen LogP contribution in [0.1, 0.15) is 11.3 Å². The molecule has 1 saturated heterocycles. The first kappa shape index (κ1) is 11.9. The van der Waals surface area contributed by atoms with Gasteiger partial charge in [0.1, 0.15) is 0 Å². The lowest BCUT2D eigenvalue weighted by Crippen LogP contribution is -2.22. The van der Waals surface area contributed by atoms with Gasteiger partial charge in [-0.3, -0.25) is 9.88 Å². The van der Waals surface area contributed by atoms with Crippen molar-refractivity contribution in [3.05, 3.63) is 16.6 Å². The van der Waals surface area contributed by atoms with Crippen LogP contribution in [-0.4, -0.2) is 29.5 Å². The minimum atomic E-state index is 0. The van der Waals surface area contributed by atoms with E-state index in [-0.39, 0.29) is 12.4 Å². The van der Waals surface area contributed by atoms with Crippen molar-refractivity contribution in [3.63, 3.8) is 0 Å². The zero-order chi connectivity index (χ0) is 9.10. The van der Waals surface area contributed by atoms with Crippen molar-refractivity contribution in [1.29, 1.82) is 0 Å². The SMILES string of the molecule is Cl.NCC1CCN(Cc2cncs2)C1. The van der Waals surface area contributed by atoms with Crippen LogP contribution >= 0.6 is 23.7 Å². The number of hydrogen-bond acceptors (Lipinski definition) is 4. The summed E-state index contributed by atoms with van der Waals surface area (Å²) in [5.74, 6) is 0.716. The predicted molar refractivity (Wildman–Crippen MR) is 61.8 cm³/mol. The summed E-state index contributed by atoms with van der Waals surface area (Å²) in [6.45, 7) is 4.24. The summed E-state index contributed by atoms with van der Waals surface area (Å²) in [4.78, 5) is 7.89. The molecule has 1 fully saturated rings. The molecule has 1 aromatic heterocycles.